The van der Waals surface area contributed by atoms with E-state index in [-0.39, 0.29) is 32.3 Å². The summed E-state index contributed by atoms with van der Waals surface area (Å²) in [5.41, 5.74) is 0. The summed E-state index contributed by atoms with van der Waals surface area (Å²) in [6, 6.07) is 0. The van der Waals surface area contributed by atoms with Crippen LogP contribution in [0.3, 0.4) is 0 Å². The Morgan fingerprint density at radius 1 is 0.534 bits per heavy atom. The van der Waals surface area contributed by atoms with Gasteiger partial charge in [-0.15, -0.1) is 0 Å². The molecule has 1 amide bonds. The van der Waals surface area contributed by atoms with Crippen molar-refractivity contribution in [2.45, 2.75) is 189 Å². The molecule has 336 valence electrons. The third-order valence-electron chi connectivity index (χ3n) is 11.0. The summed E-state index contributed by atoms with van der Waals surface area (Å²) in [7, 11) is 0. The van der Waals surface area contributed by atoms with Crippen LogP contribution in [0.15, 0.2) is 24.3 Å². The van der Waals surface area contributed by atoms with Crippen LogP contribution in [0, 0.1) is 0 Å². The molecule has 0 aromatic carbocycles. The fraction of sp³-hybridized carbons (Fsp3) is 0.875. The monoisotopic (exact) mass is 835 g/mol. The second-order valence-electron chi connectivity index (χ2n) is 15.6. The minimum Gasteiger partial charge on any atom is -0.388 e. The number of rotatable bonds is 22. The highest BCUT2D eigenvalue weighted by Gasteiger charge is 2.50. The second kappa shape index (κ2) is 25.3. The Hall–Kier alpha value is -1.69. The van der Waals surface area contributed by atoms with Crippen molar-refractivity contribution in [3.63, 3.8) is 0 Å². The molecule has 18 nitrogen and oxygen atoms in total. The minimum atomic E-state index is -1.73. The summed E-state index contributed by atoms with van der Waals surface area (Å²) in [4.78, 5) is 13.9. The van der Waals surface area contributed by atoms with Gasteiger partial charge < -0.3 is 84.0 Å². The molecule has 0 saturated carbocycles. The molecule has 0 spiro atoms. The Balaban J connectivity index is 1.13. The average Bonchev–Trinajstić information content (AvgIpc) is 3.20. The highest BCUT2D eigenvalue weighted by Crippen LogP contribution is 2.29. The lowest BCUT2D eigenvalue weighted by Crippen LogP contribution is -2.63. The number of aliphatic hydroxyl groups is 9. The van der Waals surface area contributed by atoms with Crippen molar-refractivity contribution in [3.05, 3.63) is 24.3 Å². The number of ether oxygens (including phenoxy) is 7. The van der Waals surface area contributed by atoms with Gasteiger partial charge in [0.2, 0.25) is 5.91 Å². The van der Waals surface area contributed by atoms with E-state index in [4.69, 9.17) is 33.2 Å². The van der Waals surface area contributed by atoms with Gasteiger partial charge in [0, 0.05) is 13.5 Å². The van der Waals surface area contributed by atoms with Crippen LogP contribution in [0.4, 0.5) is 0 Å². The summed E-state index contributed by atoms with van der Waals surface area (Å²) in [6.45, 7) is 2.57. The van der Waals surface area contributed by atoms with Crippen LogP contribution in [0.25, 0.3) is 0 Å². The van der Waals surface area contributed by atoms with Crippen molar-refractivity contribution in [2.24, 2.45) is 0 Å². The Morgan fingerprint density at radius 3 is 1.48 bits per heavy atom. The zero-order valence-electron chi connectivity index (χ0n) is 33.8. The van der Waals surface area contributed by atoms with Crippen LogP contribution < -0.4 is 0 Å². The maximum atomic E-state index is 12.5. The van der Waals surface area contributed by atoms with E-state index in [9.17, 15) is 50.8 Å². The molecule has 4 saturated heterocycles. The Kier molecular flexibility index (Phi) is 21.4. The number of nitrogens with zero attached hydrogens (tertiary/aromatic N) is 1. The SMILES string of the molecule is CCCCC/C=C\C/C=C\CCCCCCCCN(C(C)=O)C1OCC(OC2OCC(OC3OCC(OC4OCC(O)C(O)C4O)C(O)C3O)C(O)C2O)C(O)C1O. The van der Waals surface area contributed by atoms with Crippen LogP contribution in [0.2, 0.25) is 0 Å². The minimum absolute atomic E-state index is 0.259. The van der Waals surface area contributed by atoms with E-state index in [1.807, 2.05) is 0 Å². The normalized spacial score (nSPS) is 38.7. The van der Waals surface area contributed by atoms with Crippen molar-refractivity contribution >= 4 is 5.91 Å². The Labute approximate surface area is 340 Å². The molecule has 4 fully saturated rings. The van der Waals surface area contributed by atoms with E-state index in [1.165, 1.54) is 31.1 Å². The predicted molar refractivity (Wildman–Crippen MR) is 204 cm³/mol. The largest absolute Gasteiger partial charge is 0.388 e. The first-order valence-corrected chi connectivity index (χ1v) is 21.0. The summed E-state index contributed by atoms with van der Waals surface area (Å²) in [5.74, 6) is -0.321. The summed E-state index contributed by atoms with van der Waals surface area (Å²) in [5, 5.41) is 94.6. The maximum absolute atomic E-state index is 12.5. The van der Waals surface area contributed by atoms with Gasteiger partial charge in [0.15, 0.2) is 25.1 Å². The first-order valence-electron chi connectivity index (χ1n) is 21.0. The molecule has 0 bridgehead atoms. The van der Waals surface area contributed by atoms with E-state index in [1.54, 1.807) is 0 Å². The molecule has 4 aliphatic heterocycles. The highest BCUT2D eigenvalue weighted by atomic mass is 16.8. The smallest absolute Gasteiger partial charge is 0.221 e. The van der Waals surface area contributed by atoms with Gasteiger partial charge in [-0.05, 0) is 38.5 Å². The average molecular weight is 836 g/mol. The van der Waals surface area contributed by atoms with Crippen LogP contribution in [0.5, 0.6) is 0 Å². The third kappa shape index (κ3) is 14.2. The van der Waals surface area contributed by atoms with Gasteiger partial charge in [0.25, 0.3) is 0 Å². The maximum Gasteiger partial charge on any atom is 0.221 e. The summed E-state index contributed by atoms with van der Waals surface area (Å²) >= 11 is 0. The topological polar surface area (TPSA) is 267 Å². The molecule has 18 heteroatoms. The first kappa shape index (κ1) is 49.0. The lowest BCUT2D eigenvalue weighted by Gasteiger charge is -2.45. The van der Waals surface area contributed by atoms with E-state index >= 15 is 0 Å². The number of aliphatic hydroxyl groups excluding tert-OH is 9. The molecule has 0 radical (unpaired) electrons. The van der Waals surface area contributed by atoms with Gasteiger partial charge in [0.1, 0.15) is 73.2 Å². The Morgan fingerprint density at radius 2 is 0.966 bits per heavy atom. The van der Waals surface area contributed by atoms with Crippen LogP contribution in [-0.4, -0.2) is 188 Å². The number of hydrogen-bond donors (Lipinski definition) is 9. The quantitative estimate of drug-likeness (QED) is 0.0491. The molecule has 9 N–H and O–H groups in total. The zero-order valence-corrected chi connectivity index (χ0v) is 33.8. The van der Waals surface area contributed by atoms with E-state index in [2.05, 4.69) is 31.2 Å². The number of amides is 1. The van der Waals surface area contributed by atoms with Gasteiger partial charge in [-0.1, -0.05) is 69.8 Å². The van der Waals surface area contributed by atoms with Crippen molar-refractivity contribution in [2.75, 3.05) is 33.0 Å². The van der Waals surface area contributed by atoms with Gasteiger partial charge in [-0.3, -0.25) is 4.79 Å². The van der Waals surface area contributed by atoms with Gasteiger partial charge in [-0.2, -0.15) is 0 Å². The molecule has 0 aliphatic carbocycles. The Bertz CT molecular complexity index is 1230. The number of unbranched alkanes of at least 4 members (excludes halogenated alkanes) is 9. The van der Waals surface area contributed by atoms with Crippen molar-refractivity contribution in [1.29, 1.82) is 0 Å². The van der Waals surface area contributed by atoms with Crippen LogP contribution in [-0.2, 0) is 38.0 Å². The lowest BCUT2D eigenvalue weighted by atomic mass is 10.0. The van der Waals surface area contributed by atoms with E-state index in [0.717, 1.165) is 51.4 Å². The van der Waals surface area contributed by atoms with E-state index in [0.29, 0.717) is 13.0 Å². The molecule has 0 aromatic heterocycles. The van der Waals surface area contributed by atoms with Crippen molar-refractivity contribution in [3.8, 4) is 0 Å². The van der Waals surface area contributed by atoms with Gasteiger partial charge >= 0.3 is 0 Å². The summed E-state index contributed by atoms with van der Waals surface area (Å²) in [6.07, 6.45) is -1.70. The number of allylic oxidation sites excluding steroid dienone is 4. The standard InChI is InChI=1S/C40H69NO17/c1-3-4-5-6-7-8-9-10-11-12-13-14-15-16-17-18-19-41(24(2)42)37-33(48)30(45)26(21-52-37)56-39-35(50)32(47)28(23-54-39)58-40-36(51)31(46)27(22-55-40)57-38-34(49)29(44)25(43)20-53-38/h7-8,10-11,25-40,43-51H,3-6,9,12-23H2,1-2H3/b8-7-,11-10-. The molecule has 0 aromatic rings. The number of hydrogen-bond acceptors (Lipinski definition) is 17. The molecule has 4 rings (SSSR count). The molecular weight excluding hydrogens is 766 g/mol. The van der Waals surface area contributed by atoms with Crippen LogP contribution >= 0.6 is 0 Å². The fourth-order valence-corrected chi connectivity index (χ4v) is 7.34. The third-order valence-corrected chi connectivity index (χ3v) is 11.0. The summed E-state index contributed by atoms with van der Waals surface area (Å²) < 4.78 is 38.9. The molecule has 4 aliphatic rings. The fourth-order valence-electron chi connectivity index (χ4n) is 7.34. The lowest BCUT2D eigenvalue weighted by molar-refractivity contribution is -0.355. The van der Waals surface area contributed by atoms with Gasteiger partial charge in [-0.25, -0.2) is 0 Å². The zero-order chi connectivity index (χ0) is 42.2. The van der Waals surface area contributed by atoms with Crippen LogP contribution in [0.1, 0.15) is 90.9 Å². The van der Waals surface area contributed by atoms with Crippen molar-refractivity contribution < 1.29 is 83.9 Å². The number of carbonyl (C=O) groups is 1. The molecule has 16 atom stereocenters. The molecular formula is C40H69NO17. The molecule has 58 heavy (non-hydrogen) atoms. The number of carbonyl (C=O) groups excluding carboxylic acids is 1. The van der Waals surface area contributed by atoms with E-state index < -0.39 is 98.3 Å². The molecule has 16 unspecified atom stereocenters. The molecule has 4 heterocycles. The predicted octanol–water partition coefficient (Wildman–Crippen LogP) is -0.523. The highest BCUT2D eigenvalue weighted by molar-refractivity contribution is 5.73. The van der Waals surface area contributed by atoms with Gasteiger partial charge in [0.05, 0.1) is 26.4 Å². The van der Waals surface area contributed by atoms with Crippen molar-refractivity contribution in [1.82, 2.24) is 4.90 Å². The first-order chi connectivity index (χ1) is 27.8. The second-order valence-corrected chi connectivity index (χ2v) is 15.6.